The van der Waals surface area contributed by atoms with E-state index < -0.39 is 11.9 Å². The van der Waals surface area contributed by atoms with Gasteiger partial charge in [0.25, 0.3) is 0 Å². The Morgan fingerprint density at radius 1 is 0.962 bits per heavy atom. The zero-order chi connectivity index (χ0) is 18.8. The maximum Gasteiger partial charge on any atom is 0.343 e. The normalized spacial score (nSPS) is 10.7. The van der Waals surface area contributed by atoms with Gasteiger partial charge in [0.15, 0.2) is 0 Å². The predicted octanol–water partition coefficient (Wildman–Crippen LogP) is 4.57. The Morgan fingerprint density at radius 3 is 2.23 bits per heavy atom. The van der Waals surface area contributed by atoms with Crippen molar-refractivity contribution in [1.29, 1.82) is 0 Å². The van der Waals surface area contributed by atoms with Crippen molar-refractivity contribution in [2.45, 2.75) is 26.2 Å². The highest BCUT2D eigenvalue weighted by molar-refractivity contribution is 5.91. The van der Waals surface area contributed by atoms with Gasteiger partial charge in [-0.25, -0.2) is 9.59 Å². The lowest BCUT2D eigenvalue weighted by molar-refractivity contribution is -0.131. The summed E-state index contributed by atoms with van der Waals surface area (Å²) >= 11 is 0. The highest BCUT2D eigenvalue weighted by atomic mass is 16.5. The van der Waals surface area contributed by atoms with Gasteiger partial charge in [-0.3, -0.25) is 0 Å². The topological polar surface area (TPSA) is 72.8 Å². The van der Waals surface area contributed by atoms with Crippen molar-refractivity contribution in [3.05, 3.63) is 65.7 Å². The molecule has 0 fully saturated rings. The maximum atomic E-state index is 12.2. The van der Waals surface area contributed by atoms with Crippen LogP contribution in [-0.4, -0.2) is 23.7 Å². The molecule has 2 rings (SSSR count). The standard InChI is InChI=1S/C21H22O5/c1-2-3-4-15-25-18-12-8-17(9-13-18)21(24)26-19-10-5-16(6-11-19)7-14-20(22)23/h5-14H,2-4,15H2,1H3,(H,22,23)/b14-7+. The summed E-state index contributed by atoms with van der Waals surface area (Å²) in [7, 11) is 0. The first-order valence-corrected chi connectivity index (χ1v) is 8.54. The highest BCUT2D eigenvalue weighted by Gasteiger charge is 2.08. The van der Waals surface area contributed by atoms with Crippen molar-refractivity contribution >= 4 is 18.0 Å². The van der Waals surface area contributed by atoms with Crippen LogP contribution < -0.4 is 9.47 Å². The molecule has 136 valence electrons. The minimum absolute atomic E-state index is 0.391. The third kappa shape index (κ3) is 6.43. The first-order valence-electron chi connectivity index (χ1n) is 8.54. The molecule has 0 unspecified atom stereocenters. The van der Waals surface area contributed by atoms with E-state index >= 15 is 0 Å². The number of unbranched alkanes of at least 4 members (excludes halogenated alkanes) is 2. The van der Waals surface area contributed by atoms with E-state index in [4.69, 9.17) is 14.6 Å². The molecule has 0 aliphatic rings. The summed E-state index contributed by atoms with van der Waals surface area (Å²) in [6.45, 7) is 2.81. The molecule has 0 aliphatic carbocycles. The second kappa shape index (κ2) is 10.0. The summed E-state index contributed by atoms with van der Waals surface area (Å²) in [6, 6.07) is 13.4. The fourth-order valence-electron chi connectivity index (χ4n) is 2.21. The Bertz CT molecular complexity index is 745. The number of carboxylic acid groups (broad SMARTS) is 1. The van der Waals surface area contributed by atoms with Crippen molar-refractivity contribution in [2.75, 3.05) is 6.61 Å². The summed E-state index contributed by atoms with van der Waals surface area (Å²) in [5.41, 5.74) is 1.14. The molecule has 0 spiro atoms. The van der Waals surface area contributed by atoms with Crippen molar-refractivity contribution in [3.8, 4) is 11.5 Å². The quantitative estimate of drug-likeness (QED) is 0.309. The van der Waals surface area contributed by atoms with Gasteiger partial charge in [-0.2, -0.15) is 0 Å². The van der Waals surface area contributed by atoms with Crippen LogP contribution in [0.5, 0.6) is 11.5 Å². The molecular formula is C21H22O5. The Balaban J connectivity index is 1.89. The molecule has 0 amide bonds. The first-order chi connectivity index (χ1) is 12.6. The first kappa shape index (κ1) is 19.2. The molecule has 0 bridgehead atoms. The molecule has 0 saturated heterocycles. The van der Waals surface area contributed by atoms with Crippen LogP contribution in [0.4, 0.5) is 0 Å². The molecule has 0 saturated carbocycles. The third-order valence-corrected chi connectivity index (χ3v) is 3.62. The minimum atomic E-state index is -1.02. The number of hydrogen-bond donors (Lipinski definition) is 1. The van der Waals surface area contributed by atoms with Gasteiger partial charge in [0.1, 0.15) is 11.5 Å². The van der Waals surface area contributed by atoms with E-state index in [1.165, 1.54) is 6.08 Å². The lowest BCUT2D eigenvalue weighted by Gasteiger charge is -2.07. The molecule has 5 heteroatoms. The number of benzene rings is 2. The maximum absolute atomic E-state index is 12.2. The number of carbonyl (C=O) groups excluding carboxylic acids is 1. The molecule has 2 aromatic rings. The van der Waals surface area contributed by atoms with Gasteiger partial charge in [-0.1, -0.05) is 31.9 Å². The summed E-state index contributed by atoms with van der Waals surface area (Å²) in [6.07, 6.45) is 5.80. The Morgan fingerprint density at radius 2 is 1.62 bits per heavy atom. The number of rotatable bonds is 9. The highest BCUT2D eigenvalue weighted by Crippen LogP contribution is 2.17. The van der Waals surface area contributed by atoms with Crippen LogP contribution in [0.3, 0.4) is 0 Å². The average molecular weight is 354 g/mol. The Labute approximate surface area is 152 Å². The van der Waals surface area contributed by atoms with Gasteiger partial charge < -0.3 is 14.6 Å². The van der Waals surface area contributed by atoms with Gasteiger partial charge >= 0.3 is 11.9 Å². The number of carboxylic acids is 1. The second-order valence-corrected chi connectivity index (χ2v) is 5.71. The lowest BCUT2D eigenvalue weighted by atomic mass is 10.2. The monoisotopic (exact) mass is 354 g/mol. The van der Waals surface area contributed by atoms with E-state index in [1.807, 2.05) is 0 Å². The fourth-order valence-corrected chi connectivity index (χ4v) is 2.21. The summed E-state index contributed by atoms with van der Waals surface area (Å²) in [4.78, 5) is 22.7. The average Bonchev–Trinajstić information content (AvgIpc) is 2.65. The number of carbonyl (C=O) groups is 2. The summed E-state index contributed by atoms with van der Waals surface area (Å²) in [5, 5.41) is 8.60. The molecule has 0 atom stereocenters. The number of aliphatic carboxylic acids is 1. The largest absolute Gasteiger partial charge is 0.494 e. The SMILES string of the molecule is CCCCCOc1ccc(C(=O)Oc2ccc(/C=C/C(=O)O)cc2)cc1. The molecule has 0 aromatic heterocycles. The smallest absolute Gasteiger partial charge is 0.343 e. The Kier molecular flexibility index (Phi) is 7.43. The third-order valence-electron chi connectivity index (χ3n) is 3.62. The van der Waals surface area contributed by atoms with Gasteiger partial charge in [-0.15, -0.1) is 0 Å². The van der Waals surface area contributed by atoms with E-state index in [1.54, 1.807) is 48.5 Å². The van der Waals surface area contributed by atoms with Crippen molar-refractivity contribution in [3.63, 3.8) is 0 Å². The molecule has 0 aliphatic heterocycles. The van der Waals surface area contributed by atoms with Crippen LogP contribution in [0.1, 0.15) is 42.1 Å². The van der Waals surface area contributed by atoms with Crippen LogP contribution in [0.15, 0.2) is 54.6 Å². The molecule has 5 nitrogen and oxygen atoms in total. The molecule has 2 aromatic carbocycles. The van der Waals surface area contributed by atoms with Crippen LogP contribution in [0.2, 0.25) is 0 Å². The molecule has 0 radical (unpaired) electrons. The van der Waals surface area contributed by atoms with Crippen LogP contribution in [0, 0.1) is 0 Å². The summed E-state index contributed by atoms with van der Waals surface area (Å²) < 4.78 is 10.9. The number of ether oxygens (including phenoxy) is 2. The molecular weight excluding hydrogens is 332 g/mol. The van der Waals surface area contributed by atoms with Gasteiger partial charge in [-0.05, 0) is 54.5 Å². The van der Waals surface area contributed by atoms with E-state index in [-0.39, 0.29) is 0 Å². The molecule has 26 heavy (non-hydrogen) atoms. The van der Waals surface area contributed by atoms with E-state index in [2.05, 4.69) is 6.92 Å². The van der Waals surface area contributed by atoms with Crippen molar-refractivity contribution in [1.82, 2.24) is 0 Å². The van der Waals surface area contributed by atoms with Crippen molar-refractivity contribution in [2.24, 2.45) is 0 Å². The number of hydrogen-bond acceptors (Lipinski definition) is 4. The predicted molar refractivity (Wildman–Crippen MR) is 99.5 cm³/mol. The van der Waals surface area contributed by atoms with E-state index in [0.29, 0.717) is 23.5 Å². The van der Waals surface area contributed by atoms with Crippen LogP contribution in [0.25, 0.3) is 6.08 Å². The van der Waals surface area contributed by atoms with Crippen molar-refractivity contribution < 1.29 is 24.2 Å². The van der Waals surface area contributed by atoms with E-state index in [0.717, 1.165) is 31.1 Å². The van der Waals surface area contributed by atoms with Gasteiger partial charge in [0, 0.05) is 6.08 Å². The minimum Gasteiger partial charge on any atom is -0.494 e. The molecule has 0 heterocycles. The number of esters is 1. The van der Waals surface area contributed by atoms with Gasteiger partial charge in [0.05, 0.1) is 12.2 Å². The summed E-state index contributed by atoms with van der Waals surface area (Å²) in [5.74, 6) is -0.357. The van der Waals surface area contributed by atoms with Crippen LogP contribution >= 0.6 is 0 Å². The zero-order valence-corrected chi connectivity index (χ0v) is 14.7. The van der Waals surface area contributed by atoms with E-state index in [9.17, 15) is 9.59 Å². The fraction of sp³-hybridized carbons (Fsp3) is 0.238. The Hall–Kier alpha value is -3.08. The zero-order valence-electron chi connectivity index (χ0n) is 14.7. The van der Waals surface area contributed by atoms with Gasteiger partial charge in [0.2, 0.25) is 0 Å². The lowest BCUT2D eigenvalue weighted by Crippen LogP contribution is -2.08. The molecule has 1 N–H and O–H groups in total. The van der Waals surface area contributed by atoms with Crippen LogP contribution in [-0.2, 0) is 4.79 Å². The second-order valence-electron chi connectivity index (χ2n) is 5.71.